The molecule has 0 bridgehead atoms. The van der Waals surface area contributed by atoms with Gasteiger partial charge in [0.25, 0.3) is 0 Å². The van der Waals surface area contributed by atoms with E-state index in [0.717, 1.165) is 30.4 Å². The number of phenols is 1. The second-order valence-electron chi connectivity index (χ2n) is 6.14. The molecule has 22 heavy (non-hydrogen) atoms. The Bertz CT molecular complexity index is 670. The summed E-state index contributed by atoms with van der Waals surface area (Å²) in [4.78, 5) is 5.52. The molecule has 0 spiro atoms. The maximum atomic E-state index is 9.86. The SMILES string of the molecule is CN(CCC1C=CCCC=C1)Cc1c[nH]c2c(O)cccc12. The van der Waals surface area contributed by atoms with Crippen LogP contribution in [0, 0.1) is 5.92 Å². The van der Waals surface area contributed by atoms with Gasteiger partial charge in [0, 0.05) is 18.1 Å². The number of allylic oxidation sites excluding steroid dienone is 4. The smallest absolute Gasteiger partial charge is 0.139 e. The number of nitrogens with one attached hydrogen (secondary N) is 1. The molecule has 1 heterocycles. The predicted octanol–water partition coefficient (Wildman–Crippen LogP) is 4.22. The molecule has 2 N–H and O–H groups in total. The fourth-order valence-corrected chi connectivity index (χ4v) is 3.06. The van der Waals surface area contributed by atoms with Crippen LogP contribution in [0.2, 0.25) is 0 Å². The highest BCUT2D eigenvalue weighted by Crippen LogP contribution is 2.26. The highest BCUT2D eigenvalue weighted by molar-refractivity contribution is 5.87. The monoisotopic (exact) mass is 296 g/mol. The van der Waals surface area contributed by atoms with Crippen LogP contribution in [0.3, 0.4) is 0 Å². The summed E-state index contributed by atoms with van der Waals surface area (Å²) in [6, 6.07) is 5.68. The van der Waals surface area contributed by atoms with Crippen LogP contribution in [0.1, 0.15) is 24.8 Å². The van der Waals surface area contributed by atoms with Gasteiger partial charge in [-0.15, -0.1) is 0 Å². The molecule has 0 aliphatic heterocycles. The summed E-state index contributed by atoms with van der Waals surface area (Å²) in [5.74, 6) is 0.886. The van der Waals surface area contributed by atoms with Gasteiger partial charge in [0.1, 0.15) is 5.75 Å². The van der Waals surface area contributed by atoms with Crippen LogP contribution < -0.4 is 0 Å². The summed E-state index contributed by atoms with van der Waals surface area (Å²) >= 11 is 0. The number of aromatic nitrogens is 1. The number of hydrogen-bond donors (Lipinski definition) is 2. The maximum Gasteiger partial charge on any atom is 0.139 e. The van der Waals surface area contributed by atoms with Gasteiger partial charge < -0.3 is 15.0 Å². The van der Waals surface area contributed by atoms with Crippen molar-refractivity contribution in [3.8, 4) is 5.75 Å². The molecule has 0 amide bonds. The number of fused-ring (bicyclic) bond motifs is 1. The molecule has 0 fully saturated rings. The van der Waals surface area contributed by atoms with Crippen LogP contribution in [0.5, 0.6) is 5.75 Å². The van der Waals surface area contributed by atoms with Crippen molar-refractivity contribution < 1.29 is 5.11 Å². The number of aromatic hydroxyl groups is 1. The van der Waals surface area contributed by atoms with E-state index in [1.807, 2.05) is 12.3 Å². The Labute approximate surface area is 132 Å². The van der Waals surface area contributed by atoms with Crippen LogP contribution in [0.4, 0.5) is 0 Å². The van der Waals surface area contributed by atoms with Gasteiger partial charge in [0.2, 0.25) is 0 Å². The first-order valence-electron chi connectivity index (χ1n) is 8.04. The predicted molar refractivity (Wildman–Crippen MR) is 91.9 cm³/mol. The average molecular weight is 296 g/mol. The van der Waals surface area contributed by atoms with Gasteiger partial charge in [0.05, 0.1) is 5.52 Å². The third-order valence-electron chi connectivity index (χ3n) is 4.33. The van der Waals surface area contributed by atoms with Crippen molar-refractivity contribution in [1.82, 2.24) is 9.88 Å². The topological polar surface area (TPSA) is 39.3 Å². The van der Waals surface area contributed by atoms with E-state index in [1.54, 1.807) is 6.07 Å². The minimum Gasteiger partial charge on any atom is -0.506 e. The Morgan fingerprint density at radius 3 is 2.77 bits per heavy atom. The number of H-pyrrole nitrogens is 1. The Morgan fingerprint density at radius 2 is 2.00 bits per heavy atom. The van der Waals surface area contributed by atoms with Crippen LogP contribution in [0.25, 0.3) is 10.9 Å². The lowest BCUT2D eigenvalue weighted by atomic mass is 10.0. The van der Waals surface area contributed by atoms with Gasteiger partial charge in [-0.3, -0.25) is 0 Å². The summed E-state index contributed by atoms with van der Waals surface area (Å²) in [5, 5.41) is 11.0. The molecule has 116 valence electrons. The molecule has 3 rings (SSSR count). The van der Waals surface area contributed by atoms with E-state index in [0.29, 0.717) is 11.7 Å². The number of nitrogens with zero attached hydrogens (tertiary/aromatic N) is 1. The van der Waals surface area contributed by atoms with Crippen molar-refractivity contribution in [2.24, 2.45) is 5.92 Å². The summed E-state index contributed by atoms with van der Waals surface area (Å²) < 4.78 is 0. The number of benzene rings is 1. The zero-order valence-corrected chi connectivity index (χ0v) is 13.1. The van der Waals surface area contributed by atoms with Crippen molar-refractivity contribution >= 4 is 10.9 Å². The third kappa shape index (κ3) is 3.42. The van der Waals surface area contributed by atoms with Crippen molar-refractivity contribution in [2.75, 3.05) is 13.6 Å². The summed E-state index contributed by atoms with van der Waals surface area (Å²) in [7, 11) is 2.16. The van der Waals surface area contributed by atoms with Crippen LogP contribution >= 0.6 is 0 Å². The Kier molecular flexibility index (Phi) is 4.64. The van der Waals surface area contributed by atoms with Crippen molar-refractivity contribution in [3.05, 3.63) is 54.3 Å². The molecule has 1 aliphatic carbocycles. The number of rotatable bonds is 5. The van der Waals surface area contributed by atoms with Crippen LogP contribution in [-0.2, 0) is 6.54 Å². The van der Waals surface area contributed by atoms with Gasteiger partial charge in [-0.2, -0.15) is 0 Å². The summed E-state index contributed by atoms with van der Waals surface area (Å²) in [6.07, 6.45) is 14.8. The van der Waals surface area contributed by atoms with E-state index in [4.69, 9.17) is 0 Å². The van der Waals surface area contributed by atoms with Gasteiger partial charge >= 0.3 is 0 Å². The van der Waals surface area contributed by atoms with E-state index in [2.05, 4.69) is 47.3 Å². The van der Waals surface area contributed by atoms with Crippen molar-refractivity contribution in [3.63, 3.8) is 0 Å². The second kappa shape index (κ2) is 6.84. The quantitative estimate of drug-likeness (QED) is 0.811. The molecular formula is C19H24N2O. The molecule has 1 aromatic carbocycles. The molecule has 3 heteroatoms. The lowest BCUT2D eigenvalue weighted by Gasteiger charge is -2.18. The van der Waals surface area contributed by atoms with Crippen molar-refractivity contribution in [1.29, 1.82) is 0 Å². The van der Waals surface area contributed by atoms with Gasteiger partial charge in [-0.05, 0) is 50.4 Å². The second-order valence-corrected chi connectivity index (χ2v) is 6.14. The zero-order chi connectivity index (χ0) is 15.4. The molecule has 0 radical (unpaired) electrons. The molecular weight excluding hydrogens is 272 g/mol. The van der Waals surface area contributed by atoms with E-state index in [1.165, 1.54) is 18.4 Å². The first-order valence-corrected chi connectivity index (χ1v) is 8.04. The fraction of sp³-hybridized carbons (Fsp3) is 0.368. The maximum absolute atomic E-state index is 9.86. The van der Waals surface area contributed by atoms with E-state index in [-0.39, 0.29) is 0 Å². The normalized spacial score (nSPS) is 15.7. The zero-order valence-electron chi connectivity index (χ0n) is 13.1. The fourth-order valence-electron chi connectivity index (χ4n) is 3.06. The van der Waals surface area contributed by atoms with E-state index < -0.39 is 0 Å². The Morgan fingerprint density at radius 1 is 1.23 bits per heavy atom. The first kappa shape index (κ1) is 14.9. The highest BCUT2D eigenvalue weighted by Gasteiger charge is 2.10. The highest BCUT2D eigenvalue weighted by atomic mass is 16.3. The Hall–Kier alpha value is -2.00. The number of phenolic OH excluding ortho intramolecular Hbond substituents is 1. The largest absolute Gasteiger partial charge is 0.506 e. The van der Waals surface area contributed by atoms with Crippen LogP contribution in [-0.4, -0.2) is 28.6 Å². The lowest BCUT2D eigenvalue weighted by molar-refractivity contribution is 0.315. The molecule has 2 aromatic rings. The number of aromatic amines is 1. The molecule has 0 atom stereocenters. The molecule has 3 nitrogen and oxygen atoms in total. The number of hydrogen-bond acceptors (Lipinski definition) is 2. The summed E-state index contributed by atoms with van der Waals surface area (Å²) in [6.45, 7) is 1.95. The van der Waals surface area contributed by atoms with Gasteiger partial charge in [-0.25, -0.2) is 0 Å². The molecule has 0 saturated heterocycles. The van der Waals surface area contributed by atoms with Crippen molar-refractivity contribution in [2.45, 2.75) is 25.8 Å². The average Bonchev–Trinajstić information content (AvgIpc) is 2.75. The molecule has 0 unspecified atom stereocenters. The van der Waals surface area contributed by atoms with E-state index >= 15 is 0 Å². The standard InChI is InChI=1S/C19H24N2O/c1-21(12-11-15-7-4-2-3-5-8-15)14-16-13-20-19-17(16)9-6-10-18(19)22/h4-10,13,15,20,22H,2-3,11-12,14H2,1H3. The van der Waals surface area contributed by atoms with Crippen LogP contribution in [0.15, 0.2) is 48.7 Å². The van der Waals surface area contributed by atoms with E-state index in [9.17, 15) is 5.11 Å². The lowest BCUT2D eigenvalue weighted by Crippen LogP contribution is -2.20. The minimum atomic E-state index is 0.320. The van der Waals surface area contributed by atoms with Gasteiger partial charge in [0.15, 0.2) is 0 Å². The first-order chi connectivity index (χ1) is 10.7. The molecule has 1 aliphatic rings. The Balaban J connectivity index is 1.61. The molecule has 0 saturated carbocycles. The third-order valence-corrected chi connectivity index (χ3v) is 4.33. The number of para-hydroxylation sites is 1. The molecule has 1 aromatic heterocycles. The van der Waals surface area contributed by atoms with Gasteiger partial charge in [-0.1, -0.05) is 36.4 Å². The minimum absolute atomic E-state index is 0.320. The summed E-state index contributed by atoms with van der Waals surface area (Å²) in [5.41, 5.74) is 2.07.